The number of para-hydroxylation sites is 1. The van der Waals surface area contributed by atoms with Crippen molar-refractivity contribution >= 4 is 11.6 Å². The highest BCUT2D eigenvalue weighted by atomic mass is 16.2. The summed E-state index contributed by atoms with van der Waals surface area (Å²) in [6.45, 7) is 1.42. The van der Waals surface area contributed by atoms with Crippen LogP contribution in [0, 0.1) is 17.2 Å². The van der Waals surface area contributed by atoms with Crippen molar-refractivity contribution in [1.29, 1.82) is 5.26 Å². The number of nitriles is 1. The molecule has 1 aliphatic heterocycles. The Kier molecular flexibility index (Phi) is 6.05. The van der Waals surface area contributed by atoms with E-state index in [0.29, 0.717) is 19.0 Å². The van der Waals surface area contributed by atoms with Crippen LogP contribution in [0.25, 0.3) is 0 Å². The third-order valence-electron chi connectivity index (χ3n) is 4.78. The van der Waals surface area contributed by atoms with Crippen LogP contribution in [0.3, 0.4) is 0 Å². The van der Waals surface area contributed by atoms with Crippen LogP contribution in [-0.2, 0) is 11.2 Å². The summed E-state index contributed by atoms with van der Waals surface area (Å²) < 4.78 is 0. The summed E-state index contributed by atoms with van der Waals surface area (Å²) in [5.74, 6) is 0.410. The van der Waals surface area contributed by atoms with E-state index in [9.17, 15) is 10.1 Å². The number of benzene rings is 2. The number of rotatable bonds is 5. The van der Waals surface area contributed by atoms with Gasteiger partial charge in [0.1, 0.15) is 11.6 Å². The second kappa shape index (κ2) is 8.87. The number of amides is 1. The Morgan fingerprint density at radius 3 is 2.31 bits per heavy atom. The molecule has 4 nitrogen and oxygen atoms in total. The molecule has 26 heavy (non-hydrogen) atoms. The molecule has 0 aliphatic carbocycles. The normalized spacial score (nSPS) is 15.3. The van der Waals surface area contributed by atoms with Crippen LogP contribution in [0.15, 0.2) is 72.4 Å². The highest BCUT2D eigenvalue weighted by Crippen LogP contribution is 2.22. The van der Waals surface area contributed by atoms with Gasteiger partial charge in [0, 0.05) is 25.0 Å². The quantitative estimate of drug-likeness (QED) is 0.658. The lowest BCUT2D eigenvalue weighted by Crippen LogP contribution is -2.39. The summed E-state index contributed by atoms with van der Waals surface area (Å²) in [6.07, 6.45) is 4.52. The number of piperidine rings is 1. The molecule has 0 unspecified atom stereocenters. The lowest BCUT2D eigenvalue weighted by atomic mass is 9.90. The Morgan fingerprint density at radius 1 is 1.08 bits per heavy atom. The smallest absolute Gasteiger partial charge is 0.266 e. The van der Waals surface area contributed by atoms with Gasteiger partial charge in [-0.1, -0.05) is 48.5 Å². The number of carbonyl (C=O) groups is 1. The van der Waals surface area contributed by atoms with Crippen LogP contribution in [0.1, 0.15) is 18.4 Å². The summed E-state index contributed by atoms with van der Waals surface area (Å²) in [6, 6.07) is 22.0. The first-order valence-electron chi connectivity index (χ1n) is 9.01. The molecular weight excluding hydrogens is 322 g/mol. The summed E-state index contributed by atoms with van der Waals surface area (Å²) in [5, 5.41) is 12.4. The maximum atomic E-state index is 12.6. The van der Waals surface area contributed by atoms with Crippen molar-refractivity contribution in [1.82, 2.24) is 4.90 Å². The molecule has 0 aromatic heterocycles. The molecular formula is C22H23N3O. The van der Waals surface area contributed by atoms with Crippen LogP contribution in [0.2, 0.25) is 0 Å². The maximum Gasteiger partial charge on any atom is 0.266 e. The third kappa shape index (κ3) is 4.73. The summed E-state index contributed by atoms with van der Waals surface area (Å²) >= 11 is 0. The maximum absolute atomic E-state index is 12.6. The Labute approximate surface area is 154 Å². The van der Waals surface area contributed by atoms with E-state index in [1.54, 1.807) is 4.90 Å². The molecule has 1 N–H and O–H groups in total. The average molecular weight is 345 g/mol. The van der Waals surface area contributed by atoms with Gasteiger partial charge in [0.2, 0.25) is 0 Å². The van der Waals surface area contributed by atoms with Crippen molar-refractivity contribution in [3.8, 4) is 6.07 Å². The molecule has 0 saturated carbocycles. The number of hydrogen-bond donors (Lipinski definition) is 1. The van der Waals surface area contributed by atoms with Gasteiger partial charge < -0.3 is 10.2 Å². The number of carbonyl (C=O) groups excluding carboxylic acids is 1. The second-order valence-corrected chi connectivity index (χ2v) is 6.61. The average Bonchev–Trinajstić information content (AvgIpc) is 2.70. The minimum atomic E-state index is -0.186. The number of likely N-dealkylation sites (tertiary alicyclic amines) is 1. The Morgan fingerprint density at radius 2 is 1.69 bits per heavy atom. The second-order valence-electron chi connectivity index (χ2n) is 6.61. The van der Waals surface area contributed by atoms with Gasteiger partial charge in [0.05, 0.1) is 0 Å². The van der Waals surface area contributed by atoms with E-state index < -0.39 is 0 Å². The number of hydrogen-bond acceptors (Lipinski definition) is 3. The zero-order valence-electron chi connectivity index (χ0n) is 14.8. The first-order valence-corrected chi connectivity index (χ1v) is 9.01. The highest BCUT2D eigenvalue weighted by Gasteiger charge is 2.25. The molecule has 2 aromatic rings. The molecule has 4 heteroatoms. The molecule has 1 fully saturated rings. The monoisotopic (exact) mass is 345 g/mol. The van der Waals surface area contributed by atoms with E-state index in [1.807, 2.05) is 42.5 Å². The van der Waals surface area contributed by atoms with Crippen molar-refractivity contribution in [2.24, 2.45) is 5.92 Å². The van der Waals surface area contributed by atoms with Crippen molar-refractivity contribution < 1.29 is 4.79 Å². The molecule has 0 bridgehead atoms. The van der Waals surface area contributed by atoms with Gasteiger partial charge >= 0.3 is 0 Å². The van der Waals surface area contributed by atoms with E-state index in [1.165, 1.54) is 11.8 Å². The van der Waals surface area contributed by atoms with Crippen LogP contribution < -0.4 is 5.32 Å². The predicted molar refractivity (Wildman–Crippen MR) is 103 cm³/mol. The number of nitrogens with zero attached hydrogens (tertiary/aromatic N) is 2. The van der Waals surface area contributed by atoms with Gasteiger partial charge in [-0.25, -0.2) is 0 Å². The molecule has 132 valence electrons. The molecule has 0 radical (unpaired) electrons. The molecule has 2 aromatic carbocycles. The molecule has 0 atom stereocenters. The Bertz CT molecular complexity index is 785. The van der Waals surface area contributed by atoms with Crippen molar-refractivity contribution in [2.45, 2.75) is 19.3 Å². The number of nitrogens with one attached hydrogen (secondary N) is 1. The van der Waals surface area contributed by atoms with E-state index >= 15 is 0 Å². The van der Waals surface area contributed by atoms with Gasteiger partial charge in [-0.15, -0.1) is 0 Å². The Hall–Kier alpha value is -3.06. The third-order valence-corrected chi connectivity index (χ3v) is 4.78. The minimum Gasteiger partial charge on any atom is -0.360 e. The molecule has 3 rings (SSSR count). The summed E-state index contributed by atoms with van der Waals surface area (Å²) in [7, 11) is 0. The largest absolute Gasteiger partial charge is 0.360 e. The molecule has 1 saturated heterocycles. The van der Waals surface area contributed by atoms with Crippen LogP contribution >= 0.6 is 0 Å². The lowest BCUT2D eigenvalue weighted by molar-refractivity contribution is -0.128. The van der Waals surface area contributed by atoms with Crippen LogP contribution in [0.5, 0.6) is 0 Å². The molecule has 1 heterocycles. The molecule has 1 amide bonds. The van der Waals surface area contributed by atoms with Gasteiger partial charge in [0.15, 0.2) is 0 Å². The van der Waals surface area contributed by atoms with Crippen LogP contribution in [-0.4, -0.2) is 23.9 Å². The van der Waals surface area contributed by atoms with Crippen molar-refractivity contribution in [2.75, 3.05) is 18.4 Å². The fraction of sp³-hybridized carbons (Fsp3) is 0.273. The topological polar surface area (TPSA) is 56.1 Å². The van der Waals surface area contributed by atoms with Crippen molar-refractivity contribution in [3.05, 3.63) is 78.0 Å². The summed E-state index contributed by atoms with van der Waals surface area (Å²) in [4.78, 5) is 14.4. The fourth-order valence-corrected chi connectivity index (χ4v) is 3.29. The van der Waals surface area contributed by atoms with E-state index in [-0.39, 0.29) is 11.5 Å². The van der Waals surface area contributed by atoms with Gasteiger partial charge in [-0.05, 0) is 42.9 Å². The first-order chi connectivity index (χ1) is 12.8. The summed E-state index contributed by atoms with van der Waals surface area (Å²) in [5.41, 5.74) is 2.35. The fourth-order valence-electron chi connectivity index (χ4n) is 3.29. The SMILES string of the molecule is N#C/C(=C/Nc1ccccc1)C(=O)N1CCC(Cc2ccccc2)CC1. The molecule has 1 aliphatic rings. The minimum absolute atomic E-state index is 0.148. The molecule has 0 spiro atoms. The highest BCUT2D eigenvalue weighted by molar-refractivity contribution is 5.97. The zero-order valence-corrected chi connectivity index (χ0v) is 14.8. The lowest BCUT2D eigenvalue weighted by Gasteiger charge is -2.32. The Balaban J connectivity index is 1.54. The van der Waals surface area contributed by atoms with E-state index in [0.717, 1.165) is 24.9 Å². The van der Waals surface area contributed by atoms with E-state index in [4.69, 9.17) is 0 Å². The van der Waals surface area contributed by atoms with Crippen LogP contribution in [0.4, 0.5) is 5.69 Å². The standard InChI is InChI=1S/C22H23N3O/c23-16-20(17-24-21-9-5-2-6-10-21)22(26)25-13-11-19(12-14-25)15-18-7-3-1-4-8-18/h1-10,17,19,24H,11-15H2/b20-17-. The first kappa shape index (κ1) is 17.8. The predicted octanol–water partition coefficient (Wildman–Crippen LogP) is 3.99. The van der Waals surface area contributed by atoms with Gasteiger partial charge in [0.25, 0.3) is 5.91 Å². The van der Waals surface area contributed by atoms with Crippen molar-refractivity contribution in [3.63, 3.8) is 0 Å². The van der Waals surface area contributed by atoms with Gasteiger partial charge in [-0.3, -0.25) is 4.79 Å². The zero-order chi connectivity index (χ0) is 18.2. The van der Waals surface area contributed by atoms with E-state index in [2.05, 4.69) is 29.6 Å². The number of anilines is 1. The van der Waals surface area contributed by atoms with Gasteiger partial charge in [-0.2, -0.15) is 5.26 Å².